The van der Waals surface area contributed by atoms with Gasteiger partial charge < -0.3 is 23.7 Å². The number of rotatable bonds is 9. The summed E-state index contributed by atoms with van der Waals surface area (Å²) in [4.78, 5) is 27.6. The number of carbonyl (C=O) groups is 2. The number of benzene rings is 2. The van der Waals surface area contributed by atoms with Crippen LogP contribution in [-0.4, -0.2) is 48.7 Å². The number of nitrogens with zero attached hydrogens (tertiary/aromatic N) is 2. The number of para-hydroxylation sites is 2. The van der Waals surface area contributed by atoms with Crippen molar-refractivity contribution in [1.29, 1.82) is 0 Å². The Bertz CT molecular complexity index is 1190. The number of hydrogen-bond acceptors (Lipinski definition) is 6. The fourth-order valence-electron chi connectivity index (χ4n) is 4.41. The fraction of sp³-hybridized carbons (Fsp3) is 0.357. The zero-order valence-electron chi connectivity index (χ0n) is 20.7. The van der Waals surface area contributed by atoms with Gasteiger partial charge in [-0.2, -0.15) is 0 Å². The van der Waals surface area contributed by atoms with Crippen LogP contribution in [0, 0.1) is 13.8 Å². The summed E-state index contributed by atoms with van der Waals surface area (Å²) in [5, 5.41) is 0. The van der Waals surface area contributed by atoms with Crippen molar-refractivity contribution >= 4 is 17.4 Å². The Labute approximate surface area is 206 Å². The number of Topliss-reactive ketones (excluding diaryl/α,β-unsaturated/α-hetero) is 1. The van der Waals surface area contributed by atoms with Crippen LogP contribution in [0.5, 0.6) is 11.5 Å². The fourth-order valence-corrected chi connectivity index (χ4v) is 4.41. The maximum atomic E-state index is 12.9. The lowest BCUT2D eigenvalue weighted by Gasteiger charge is -2.27. The first kappa shape index (κ1) is 24.4. The maximum absolute atomic E-state index is 12.9. The number of aryl methyl sites for hydroxylation is 1. The largest absolute Gasteiger partial charge is 0.486 e. The maximum Gasteiger partial charge on any atom is 0.338 e. The van der Waals surface area contributed by atoms with Gasteiger partial charge in [0.15, 0.2) is 24.2 Å². The quantitative estimate of drug-likeness (QED) is 0.325. The Morgan fingerprint density at radius 1 is 1.03 bits per heavy atom. The second kappa shape index (κ2) is 10.7. The van der Waals surface area contributed by atoms with Crippen LogP contribution >= 0.6 is 0 Å². The van der Waals surface area contributed by atoms with E-state index < -0.39 is 5.97 Å². The lowest BCUT2D eigenvalue weighted by molar-refractivity contribution is 0.0474. The Kier molecular flexibility index (Phi) is 7.44. The van der Waals surface area contributed by atoms with Gasteiger partial charge in [0.1, 0.15) is 6.61 Å². The molecule has 7 heteroatoms. The van der Waals surface area contributed by atoms with Gasteiger partial charge in [0.25, 0.3) is 0 Å². The number of hydrogen-bond donors (Lipinski definition) is 0. The van der Waals surface area contributed by atoms with Crippen molar-refractivity contribution in [2.45, 2.75) is 40.3 Å². The Balaban J connectivity index is 1.37. The highest BCUT2D eigenvalue weighted by Crippen LogP contribution is 2.31. The molecule has 7 nitrogen and oxygen atoms in total. The van der Waals surface area contributed by atoms with Gasteiger partial charge >= 0.3 is 5.97 Å². The normalized spacial score (nSPS) is 14.5. The summed E-state index contributed by atoms with van der Waals surface area (Å²) in [6.07, 6.45) is -0.171. The van der Waals surface area contributed by atoms with E-state index >= 15 is 0 Å². The van der Waals surface area contributed by atoms with Gasteiger partial charge in [-0.1, -0.05) is 12.1 Å². The third-order valence-electron chi connectivity index (χ3n) is 6.39. The van der Waals surface area contributed by atoms with Gasteiger partial charge in [-0.3, -0.25) is 4.79 Å². The van der Waals surface area contributed by atoms with E-state index in [9.17, 15) is 9.59 Å². The van der Waals surface area contributed by atoms with Crippen molar-refractivity contribution in [1.82, 2.24) is 4.57 Å². The zero-order valence-corrected chi connectivity index (χ0v) is 20.7. The lowest BCUT2D eigenvalue weighted by atomic mass is 10.1. The minimum Gasteiger partial charge on any atom is -0.486 e. The van der Waals surface area contributed by atoms with E-state index in [4.69, 9.17) is 14.2 Å². The summed E-state index contributed by atoms with van der Waals surface area (Å²) in [7, 11) is 0. The van der Waals surface area contributed by atoms with E-state index in [1.54, 1.807) is 12.1 Å². The highest BCUT2D eigenvalue weighted by molar-refractivity contribution is 6.00. The van der Waals surface area contributed by atoms with Crippen LogP contribution in [-0.2, 0) is 11.3 Å². The van der Waals surface area contributed by atoms with E-state index in [2.05, 4.69) is 18.7 Å². The number of aromatic nitrogens is 1. The number of esters is 1. The smallest absolute Gasteiger partial charge is 0.338 e. The first-order chi connectivity index (χ1) is 16.9. The summed E-state index contributed by atoms with van der Waals surface area (Å²) in [5.74, 6) is 0.720. The van der Waals surface area contributed by atoms with E-state index in [0.29, 0.717) is 24.3 Å². The molecule has 0 bridgehead atoms. The van der Waals surface area contributed by atoms with Crippen molar-refractivity contribution in [3.63, 3.8) is 0 Å². The van der Waals surface area contributed by atoms with Gasteiger partial charge in [0, 0.05) is 35.7 Å². The van der Waals surface area contributed by atoms with Crippen LogP contribution in [0.4, 0.5) is 5.69 Å². The molecule has 0 aliphatic carbocycles. The van der Waals surface area contributed by atoms with Crippen LogP contribution in [0.15, 0.2) is 54.6 Å². The van der Waals surface area contributed by atoms with Gasteiger partial charge in [0.05, 0.1) is 12.1 Å². The highest BCUT2D eigenvalue weighted by atomic mass is 16.6. The summed E-state index contributed by atoms with van der Waals surface area (Å²) >= 11 is 0. The second-order valence-electron chi connectivity index (χ2n) is 8.61. The molecule has 1 atom stereocenters. The molecule has 3 aromatic rings. The van der Waals surface area contributed by atoms with Crippen LogP contribution < -0.4 is 14.4 Å². The predicted molar refractivity (Wildman–Crippen MR) is 135 cm³/mol. The number of ketones is 1. The van der Waals surface area contributed by atoms with Crippen LogP contribution in [0.1, 0.15) is 46.0 Å². The summed E-state index contributed by atoms with van der Waals surface area (Å²) in [6, 6.07) is 16.7. The topological polar surface area (TPSA) is 70.0 Å². The standard InChI is InChI=1S/C28H32N2O5/c1-5-29(6-2)22-13-11-21(12-14-22)28(32)34-18-25(31)24-15-19(3)30(20(24)4)16-23-17-33-26-9-7-8-10-27(26)35-23/h7-15,23H,5-6,16-18H2,1-4H3. The number of carbonyl (C=O) groups excluding carboxylic acids is 2. The molecule has 1 aliphatic heterocycles. The molecular weight excluding hydrogens is 444 g/mol. The van der Waals surface area contributed by atoms with Crippen molar-refractivity contribution in [3.05, 3.63) is 77.1 Å². The second-order valence-corrected chi connectivity index (χ2v) is 8.61. The van der Waals surface area contributed by atoms with Gasteiger partial charge in [-0.05, 0) is 70.2 Å². The molecule has 184 valence electrons. The summed E-state index contributed by atoms with van der Waals surface area (Å²) in [5.41, 5.74) is 3.77. The van der Waals surface area contributed by atoms with Crippen LogP contribution in [0.2, 0.25) is 0 Å². The van der Waals surface area contributed by atoms with Crippen LogP contribution in [0.3, 0.4) is 0 Å². The van der Waals surface area contributed by atoms with Gasteiger partial charge in [-0.25, -0.2) is 4.79 Å². The van der Waals surface area contributed by atoms with E-state index in [0.717, 1.165) is 41.7 Å². The molecule has 4 rings (SSSR count). The molecule has 0 saturated carbocycles. The Hall–Kier alpha value is -3.74. The number of anilines is 1. The van der Waals surface area contributed by atoms with Gasteiger partial charge in [-0.15, -0.1) is 0 Å². The monoisotopic (exact) mass is 476 g/mol. The van der Waals surface area contributed by atoms with E-state index in [-0.39, 0.29) is 18.5 Å². The van der Waals surface area contributed by atoms with E-state index in [1.807, 2.05) is 60.9 Å². The Morgan fingerprint density at radius 3 is 2.40 bits per heavy atom. The summed E-state index contributed by atoms with van der Waals surface area (Å²) < 4.78 is 19.3. The molecule has 0 saturated heterocycles. The minimum absolute atomic E-state index is 0.171. The first-order valence-corrected chi connectivity index (χ1v) is 12.0. The molecule has 1 unspecified atom stereocenters. The molecule has 1 aromatic heterocycles. The molecule has 0 spiro atoms. The van der Waals surface area contributed by atoms with Crippen molar-refractivity contribution < 1.29 is 23.8 Å². The Morgan fingerprint density at radius 2 is 1.71 bits per heavy atom. The molecule has 1 aliphatic rings. The number of fused-ring (bicyclic) bond motifs is 1. The molecule has 0 amide bonds. The van der Waals surface area contributed by atoms with Crippen molar-refractivity contribution in [3.8, 4) is 11.5 Å². The van der Waals surface area contributed by atoms with Crippen molar-refractivity contribution in [2.75, 3.05) is 31.2 Å². The first-order valence-electron chi connectivity index (χ1n) is 12.0. The lowest BCUT2D eigenvalue weighted by Crippen LogP contribution is -2.33. The molecule has 0 N–H and O–H groups in total. The van der Waals surface area contributed by atoms with Gasteiger partial charge in [0.2, 0.25) is 5.78 Å². The third-order valence-corrected chi connectivity index (χ3v) is 6.39. The number of ether oxygens (including phenoxy) is 3. The SMILES string of the molecule is CCN(CC)c1ccc(C(=O)OCC(=O)c2cc(C)n(CC3COc4ccccc4O3)c2C)cc1. The van der Waals surface area contributed by atoms with E-state index in [1.165, 1.54) is 0 Å². The molecule has 0 radical (unpaired) electrons. The van der Waals surface area contributed by atoms with Crippen LogP contribution in [0.25, 0.3) is 0 Å². The molecule has 35 heavy (non-hydrogen) atoms. The minimum atomic E-state index is -0.510. The summed E-state index contributed by atoms with van der Waals surface area (Å²) in [6.45, 7) is 10.5. The molecular formula is C28H32N2O5. The highest BCUT2D eigenvalue weighted by Gasteiger charge is 2.24. The van der Waals surface area contributed by atoms with Crippen molar-refractivity contribution in [2.24, 2.45) is 0 Å². The molecule has 0 fully saturated rings. The third kappa shape index (κ3) is 5.34. The molecule has 2 heterocycles. The zero-order chi connectivity index (χ0) is 24.9. The average molecular weight is 477 g/mol. The molecule has 2 aromatic carbocycles. The average Bonchev–Trinajstić information content (AvgIpc) is 3.16. The predicted octanol–water partition coefficient (Wildman–Crippen LogP) is 4.83.